The Bertz CT molecular complexity index is 1390. The van der Waals surface area contributed by atoms with Gasteiger partial charge in [-0.2, -0.15) is 5.10 Å². The average molecular weight is 625 g/mol. The summed E-state index contributed by atoms with van der Waals surface area (Å²) in [5, 5.41) is 9.05. The average Bonchev–Trinajstić information content (AvgIpc) is 2.97. The van der Waals surface area contributed by atoms with Crippen LogP contribution in [0.25, 0.3) is 0 Å². The summed E-state index contributed by atoms with van der Waals surface area (Å²) in [6.07, 6.45) is 2.94. The zero-order valence-electron chi connectivity index (χ0n) is 22.4. The molecule has 0 heterocycles. The molecule has 3 rings (SSSR count). The molecule has 3 amide bonds. The number of rotatable bonds is 13. The number of anilines is 2. The smallest absolute Gasteiger partial charge is 0.329 e. The van der Waals surface area contributed by atoms with Gasteiger partial charge in [0.25, 0.3) is 5.91 Å². The number of carbonyl (C=O) groups excluding carboxylic acids is 3. The maximum atomic E-state index is 12.4. The third-order valence-electron chi connectivity index (χ3n) is 5.11. The zero-order chi connectivity index (χ0) is 29.6. The van der Waals surface area contributed by atoms with E-state index in [0.29, 0.717) is 57.6 Å². The van der Waals surface area contributed by atoms with E-state index in [1.54, 1.807) is 66.7 Å². The molecule has 3 aromatic rings. The van der Waals surface area contributed by atoms with Crippen LogP contribution in [0.2, 0.25) is 0 Å². The summed E-state index contributed by atoms with van der Waals surface area (Å²) in [5.41, 5.74) is 3.71. The molecule has 3 N–H and O–H groups in total. The highest BCUT2D eigenvalue weighted by Crippen LogP contribution is 2.36. The number of hydrogen-bond acceptors (Lipinski definition) is 8. The van der Waals surface area contributed by atoms with Crippen molar-refractivity contribution >= 4 is 51.2 Å². The highest BCUT2D eigenvalue weighted by molar-refractivity contribution is 9.10. The maximum absolute atomic E-state index is 12.4. The van der Waals surface area contributed by atoms with Crippen molar-refractivity contribution in [2.75, 3.05) is 37.6 Å². The Kier molecular flexibility index (Phi) is 11.7. The van der Waals surface area contributed by atoms with Crippen molar-refractivity contribution < 1.29 is 33.3 Å². The van der Waals surface area contributed by atoms with Gasteiger partial charge in [0.1, 0.15) is 18.1 Å². The number of methoxy groups -OCH3 is 1. The topological polar surface area (TPSA) is 137 Å². The number of hydrazone groups is 1. The van der Waals surface area contributed by atoms with Gasteiger partial charge >= 0.3 is 11.8 Å². The molecule has 0 bridgehead atoms. The molecule has 0 aliphatic rings. The van der Waals surface area contributed by atoms with Crippen LogP contribution >= 0.6 is 15.9 Å². The number of nitrogens with zero attached hydrogens (tertiary/aromatic N) is 1. The first-order valence-corrected chi connectivity index (χ1v) is 13.1. The van der Waals surface area contributed by atoms with Gasteiger partial charge in [0.2, 0.25) is 0 Å². The minimum absolute atomic E-state index is 0.272. The van der Waals surface area contributed by atoms with Gasteiger partial charge in [0, 0.05) is 11.4 Å². The Morgan fingerprint density at radius 1 is 0.902 bits per heavy atom. The number of ether oxygens (including phenoxy) is 4. The molecule has 0 spiro atoms. The minimum atomic E-state index is -0.960. The second kappa shape index (κ2) is 15.7. The van der Waals surface area contributed by atoms with Crippen molar-refractivity contribution in [2.45, 2.75) is 6.92 Å². The highest BCUT2D eigenvalue weighted by Gasteiger charge is 2.15. The lowest BCUT2D eigenvalue weighted by molar-refractivity contribution is -0.136. The lowest BCUT2D eigenvalue weighted by Gasteiger charge is -2.13. The van der Waals surface area contributed by atoms with Gasteiger partial charge in [0.15, 0.2) is 18.1 Å². The fraction of sp³-hybridized carbons (Fsp3) is 0.172. The van der Waals surface area contributed by atoms with Crippen LogP contribution in [0.3, 0.4) is 0 Å². The molecule has 0 atom stereocenters. The van der Waals surface area contributed by atoms with Crippen molar-refractivity contribution in [3.05, 3.63) is 83.4 Å². The molecular weight excluding hydrogens is 596 g/mol. The van der Waals surface area contributed by atoms with Crippen molar-refractivity contribution in [2.24, 2.45) is 5.10 Å². The summed E-state index contributed by atoms with van der Waals surface area (Å²) in [7, 11) is 1.44. The van der Waals surface area contributed by atoms with Crippen molar-refractivity contribution in [3.8, 4) is 23.0 Å². The van der Waals surface area contributed by atoms with Crippen LogP contribution in [0.15, 0.2) is 82.9 Å². The van der Waals surface area contributed by atoms with Crippen molar-refractivity contribution in [1.29, 1.82) is 0 Å². The lowest BCUT2D eigenvalue weighted by Crippen LogP contribution is -2.32. The Morgan fingerprint density at radius 2 is 1.54 bits per heavy atom. The van der Waals surface area contributed by atoms with E-state index in [1.165, 1.54) is 13.3 Å². The fourth-order valence-electron chi connectivity index (χ4n) is 3.28. The summed E-state index contributed by atoms with van der Waals surface area (Å²) < 4.78 is 22.3. The third kappa shape index (κ3) is 9.69. The number of carbonyl (C=O) groups is 3. The van der Waals surface area contributed by atoms with Crippen LogP contribution in [0, 0.1) is 0 Å². The van der Waals surface area contributed by atoms with Crippen molar-refractivity contribution in [3.63, 3.8) is 0 Å². The van der Waals surface area contributed by atoms with Crippen LogP contribution in [-0.4, -0.2) is 50.9 Å². The van der Waals surface area contributed by atoms with Gasteiger partial charge in [-0.1, -0.05) is 12.7 Å². The highest BCUT2D eigenvalue weighted by atomic mass is 79.9. The second-order valence-electron chi connectivity index (χ2n) is 8.11. The van der Waals surface area contributed by atoms with Crippen LogP contribution < -0.4 is 35.0 Å². The van der Waals surface area contributed by atoms with Crippen LogP contribution in [0.5, 0.6) is 23.0 Å². The Balaban J connectivity index is 1.53. The lowest BCUT2D eigenvalue weighted by atomic mass is 10.2. The van der Waals surface area contributed by atoms with E-state index in [2.05, 4.69) is 43.7 Å². The molecule has 0 saturated heterocycles. The van der Waals surface area contributed by atoms with E-state index < -0.39 is 11.8 Å². The van der Waals surface area contributed by atoms with E-state index >= 15 is 0 Å². The Labute approximate surface area is 245 Å². The Morgan fingerprint density at radius 3 is 2.15 bits per heavy atom. The normalized spacial score (nSPS) is 10.4. The van der Waals surface area contributed by atoms with Crippen molar-refractivity contribution in [1.82, 2.24) is 5.43 Å². The number of amides is 3. The zero-order valence-corrected chi connectivity index (χ0v) is 24.0. The van der Waals surface area contributed by atoms with E-state index in [9.17, 15) is 14.4 Å². The maximum Gasteiger partial charge on any atom is 0.329 e. The van der Waals surface area contributed by atoms with Gasteiger partial charge in [-0.05, 0) is 89.1 Å². The fourth-order valence-corrected chi connectivity index (χ4v) is 3.86. The van der Waals surface area contributed by atoms with Crippen LogP contribution in [-0.2, 0) is 14.4 Å². The first-order valence-electron chi connectivity index (χ1n) is 12.3. The summed E-state index contributed by atoms with van der Waals surface area (Å²) in [4.78, 5) is 36.7. The van der Waals surface area contributed by atoms with E-state index in [4.69, 9.17) is 18.9 Å². The molecule has 0 saturated carbocycles. The molecule has 41 heavy (non-hydrogen) atoms. The summed E-state index contributed by atoms with van der Waals surface area (Å²) in [6, 6.07) is 16.7. The third-order valence-corrected chi connectivity index (χ3v) is 5.70. The van der Waals surface area contributed by atoms with Gasteiger partial charge in [0.05, 0.1) is 24.4 Å². The number of benzene rings is 3. The SMILES string of the molecule is C=CCOc1ccc(NC(=O)C(=O)N/N=C\c2cc(Br)c(OCC(=O)Nc3ccc(OCC)cc3)c(OC)c2)cc1. The first kappa shape index (κ1) is 30.7. The van der Waals surface area contributed by atoms with Gasteiger partial charge in [-0.3, -0.25) is 14.4 Å². The summed E-state index contributed by atoms with van der Waals surface area (Å²) in [6.45, 7) is 6.10. The first-order chi connectivity index (χ1) is 19.8. The molecule has 12 heteroatoms. The predicted molar refractivity (Wildman–Crippen MR) is 159 cm³/mol. The van der Waals surface area contributed by atoms with Gasteiger partial charge in [-0.25, -0.2) is 5.43 Å². The predicted octanol–water partition coefficient (Wildman–Crippen LogP) is 4.53. The van der Waals surface area contributed by atoms with Crippen LogP contribution in [0.4, 0.5) is 11.4 Å². The minimum Gasteiger partial charge on any atom is -0.494 e. The Hall–Kier alpha value is -4.84. The largest absolute Gasteiger partial charge is 0.494 e. The number of hydrogen-bond donors (Lipinski definition) is 3. The molecule has 0 aliphatic heterocycles. The molecule has 0 aromatic heterocycles. The number of halogens is 1. The van der Waals surface area contributed by atoms with Gasteiger partial charge < -0.3 is 29.6 Å². The van der Waals surface area contributed by atoms with E-state index in [0.717, 1.165) is 0 Å². The molecule has 3 aromatic carbocycles. The van der Waals surface area contributed by atoms with E-state index in [1.807, 2.05) is 6.92 Å². The number of nitrogens with one attached hydrogen (secondary N) is 3. The summed E-state index contributed by atoms with van der Waals surface area (Å²) in [5.74, 6) is -0.298. The molecule has 214 valence electrons. The summed E-state index contributed by atoms with van der Waals surface area (Å²) >= 11 is 3.40. The quantitative estimate of drug-likeness (QED) is 0.110. The standard InChI is InChI=1S/C29H29BrN4O7/c1-4-14-40-23-12-8-21(9-13-23)33-28(36)29(37)34-31-17-19-15-24(30)27(25(16-19)38-3)41-18-26(35)32-20-6-10-22(11-7-20)39-5-2/h4,6-13,15-17H,1,5,14,18H2,2-3H3,(H,32,35)(H,33,36)(H,34,37)/b31-17-. The molecule has 0 radical (unpaired) electrons. The monoisotopic (exact) mass is 624 g/mol. The molecular formula is C29H29BrN4O7. The van der Waals surface area contributed by atoms with E-state index in [-0.39, 0.29) is 12.5 Å². The molecule has 0 unspecified atom stereocenters. The molecule has 11 nitrogen and oxygen atoms in total. The van der Waals surface area contributed by atoms with Gasteiger partial charge in [-0.15, -0.1) is 0 Å². The van der Waals surface area contributed by atoms with Crippen LogP contribution in [0.1, 0.15) is 12.5 Å². The molecule has 0 aliphatic carbocycles. The second-order valence-corrected chi connectivity index (χ2v) is 8.96. The molecule has 0 fully saturated rings.